The van der Waals surface area contributed by atoms with E-state index in [0.717, 1.165) is 19.0 Å². The van der Waals surface area contributed by atoms with Gasteiger partial charge in [0.05, 0.1) is 5.69 Å². The van der Waals surface area contributed by atoms with E-state index in [1.54, 1.807) is 0 Å². The first kappa shape index (κ1) is 7.53. The predicted octanol–water partition coefficient (Wildman–Crippen LogP) is 2.32. The number of benzene rings is 1. The molecule has 64 valence electrons. The molecule has 1 aliphatic rings. The molecule has 0 amide bonds. The van der Waals surface area contributed by atoms with Gasteiger partial charge in [-0.3, -0.25) is 0 Å². The summed E-state index contributed by atoms with van der Waals surface area (Å²) in [5, 5.41) is 2.86. The highest BCUT2D eigenvalue weighted by Crippen LogP contribution is 2.26. The van der Waals surface area contributed by atoms with Gasteiger partial charge in [0.2, 0.25) is 0 Å². The molecule has 0 atom stereocenters. The fraction of sp³-hybridized carbons (Fsp3) is 0.333. The molecular weight excluding hydrogens is 160 g/mol. The van der Waals surface area contributed by atoms with Gasteiger partial charge in [0.25, 0.3) is 0 Å². The minimum atomic E-state index is -0.355. The SMILES string of the molecule is Fc1ccc(F)c2c1CCCN2. The summed E-state index contributed by atoms with van der Waals surface area (Å²) in [6, 6.07) is 2.34. The van der Waals surface area contributed by atoms with Crippen LogP contribution in [0.2, 0.25) is 0 Å². The highest BCUT2D eigenvalue weighted by atomic mass is 19.1. The molecule has 0 fully saturated rings. The van der Waals surface area contributed by atoms with Gasteiger partial charge < -0.3 is 5.32 Å². The Bertz CT molecular complexity index is 279. The zero-order valence-corrected chi connectivity index (χ0v) is 6.53. The average Bonchev–Trinajstić information content (AvgIpc) is 2.12. The Morgan fingerprint density at radius 3 is 2.67 bits per heavy atom. The Kier molecular flexibility index (Phi) is 1.71. The second-order valence-electron chi connectivity index (χ2n) is 2.91. The van der Waals surface area contributed by atoms with Crippen molar-refractivity contribution in [2.45, 2.75) is 12.8 Å². The molecule has 1 aromatic carbocycles. The lowest BCUT2D eigenvalue weighted by Crippen LogP contribution is -2.14. The van der Waals surface area contributed by atoms with Crippen LogP contribution >= 0.6 is 0 Å². The third-order valence-corrected chi connectivity index (χ3v) is 2.11. The van der Waals surface area contributed by atoms with Crippen LogP contribution in [0.3, 0.4) is 0 Å². The average molecular weight is 169 g/mol. The molecule has 1 nitrogen and oxygen atoms in total. The molecule has 0 saturated heterocycles. The number of hydrogen-bond acceptors (Lipinski definition) is 1. The number of halogens is 2. The standard InChI is InChI=1S/C9H9F2N/c10-7-3-4-8(11)9-6(7)2-1-5-12-9/h3-4,12H,1-2,5H2. The maximum Gasteiger partial charge on any atom is 0.146 e. The molecule has 12 heavy (non-hydrogen) atoms. The molecule has 0 spiro atoms. The lowest BCUT2D eigenvalue weighted by Gasteiger charge is -2.18. The Morgan fingerprint density at radius 2 is 1.92 bits per heavy atom. The zero-order valence-electron chi connectivity index (χ0n) is 6.53. The van der Waals surface area contributed by atoms with Crippen molar-refractivity contribution in [3.63, 3.8) is 0 Å². The molecule has 1 heterocycles. The number of fused-ring (bicyclic) bond motifs is 1. The van der Waals surface area contributed by atoms with Crippen LogP contribution in [0.5, 0.6) is 0 Å². The normalized spacial score (nSPS) is 15.2. The van der Waals surface area contributed by atoms with E-state index in [-0.39, 0.29) is 11.6 Å². The summed E-state index contributed by atoms with van der Waals surface area (Å²) >= 11 is 0. The van der Waals surface area contributed by atoms with Crippen LogP contribution in [0.25, 0.3) is 0 Å². The molecule has 0 aliphatic carbocycles. The van der Waals surface area contributed by atoms with Crippen molar-refractivity contribution >= 4 is 5.69 Å². The van der Waals surface area contributed by atoms with E-state index in [2.05, 4.69) is 5.32 Å². The topological polar surface area (TPSA) is 12.0 Å². The smallest absolute Gasteiger partial charge is 0.146 e. The van der Waals surface area contributed by atoms with Crippen LogP contribution in [0, 0.1) is 11.6 Å². The van der Waals surface area contributed by atoms with Crippen LogP contribution in [0.4, 0.5) is 14.5 Å². The highest BCUT2D eigenvalue weighted by molar-refractivity contribution is 5.54. The first-order chi connectivity index (χ1) is 5.79. The quantitative estimate of drug-likeness (QED) is 0.628. The van der Waals surface area contributed by atoms with Gasteiger partial charge in [0, 0.05) is 12.1 Å². The van der Waals surface area contributed by atoms with Crippen molar-refractivity contribution < 1.29 is 8.78 Å². The summed E-state index contributed by atoms with van der Waals surface area (Å²) in [5.41, 5.74) is 0.836. The second kappa shape index (κ2) is 2.73. The summed E-state index contributed by atoms with van der Waals surface area (Å²) in [6.45, 7) is 0.730. The van der Waals surface area contributed by atoms with Crippen LogP contribution in [0.1, 0.15) is 12.0 Å². The third kappa shape index (κ3) is 1.05. The highest BCUT2D eigenvalue weighted by Gasteiger charge is 2.16. The van der Waals surface area contributed by atoms with Gasteiger partial charge in [0.15, 0.2) is 0 Å². The van der Waals surface area contributed by atoms with Crippen molar-refractivity contribution in [3.05, 3.63) is 29.3 Å². The Balaban J connectivity index is 2.57. The summed E-state index contributed by atoms with van der Waals surface area (Å²) in [4.78, 5) is 0. The van der Waals surface area contributed by atoms with Gasteiger partial charge in [-0.1, -0.05) is 0 Å². The van der Waals surface area contributed by atoms with Crippen LogP contribution < -0.4 is 5.32 Å². The first-order valence-corrected chi connectivity index (χ1v) is 4.00. The van der Waals surface area contributed by atoms with Crippen LogP contribution in [-0.2, 0) is 6.42 Å². The lowest BCUT2D eigenvalue weighted by atomic mass is 10.0. The Labute approximate surface area is 69.4 Å². The van der Waals surface area contributed by atoms with Gasteiger partial charge in [-0.25, -0.2) is 8.78 Å². The van der Waals surface area contributed by atoms with Crippen molar-refractivity contribution in [1.29, 1.82) is 0 Å². The van der Waals surface area contributed by atoms with Gasteiger partial charge in [-0.2, -0.15) is 0 Å². The number of rotatable bonds is 0. The molecular formula is C9H9F2N. The van der Waals surface area contributed by atoms with Crippen molar-refractivity contribution in [3.8, 4) is 0 Å². The van der Waals surface area contributed by atoms with Crippen molar-refractivity contribution in [2.75, 3.05) is 11.9 Å². The Hall–Kier alpha value is -1.12. The third-order valence-electron chi connectivity index (χ3n) is 2.11. The van der Waals surface area contributed by atoms with Gasteiger partial charge in [-0.15, -0.1) is 0 Å². The monoisotopic (exact) mass is 169 g/mol. The lowest BCUT2D eigenvalue weighted by molar-refractivity contribution is 0.577. The Morgan fingerprint density at radius 1 is 1.17 bits per heavy atom. The molecule has 1 aliphatic heterocycles. The zero-order chi connectivity index (χ0) is 8.55. The van der Waals surface area contributed by atoms with Gasteiger partial charge >= 0.3 is 0 Å². The molecule has 1 N–H and O–H groups in total. The van der Waals surface area contributed by atoms with E-state index in [1.807, 2.05) is 0 Å². The molecule has 0 aromatic heterocycles. The second-order valence-corrected chi connectivity index (χ2v) is 2.91. The van der Waals surface area contributed by atoms with Gasteiger partial charge in [-0.05, 0) is 25.0 Å². The fourth-order valence-corrected chi connectivity index (χ4v) is 1.51. The van der Waals surface area contributed by atoms with E-state index in [9.17, 15) is 8.78 Å². The minimum absolute atomic E-state index is 0.307. The number of anilines is 1. The molecule has 2 rings (SSSR count). The molecule has 0 unspecified atom stereocenters. The summed E-state index contributed by atoms with van der Waals surface area (Å²) in [6.07, 6.45) is 1.50. The number of hydrogen-bond donors (Lipinski definition) is 1. The summed E-state index contributed by atoms with van der Waals surface area (Å²) < 4.78 is 26.1. The fourth-order valence-electron chi connectivity index (χ4n) is 1.51. The molecule has 0 radical (unpaired) electrons. The summed E-state index contributed by atoms with van der Waals surface area (Å²) in [7, 11) is 0. The van der Waals surface area contributed by atoms with Crippen molar-refractivity contribution in [2.24, 2.45) is 0 Å². The molecule has 1 aromatic rings. The van der Waals surface area contributed by atoms with Crippen LogP contribution in [0.15, 0.2) is 12.1 Å². The van der Waals surface area contributed by atoms with Gasteiger partial charge in [0.1, 0.15) is 11.6 Å². The largest absolute Gasteiger partial charge is 0.382 e. The molecule has 0 saturated carbocycles. The van der Waals surface area contributed by atoms with E-state index in [4.69, 9.17) is 0 Å². The first-order valence-electron chi connectivity index (χ1n) is 4.00. The number of nitrogens with one attached hydrogen (secondary N) is 1. The van der Waals surface area contributed by atoms with E-state index in [1.165, 1.54) is 6.07 Å². The minimum Gasteiger partial charge on any atom is -0.382 e. The maximum atomic E-state index is 13.0. The molecule has 0 bridgehead atoms. The van der Waals surface area contributed by atoms with Crippen LogP contribution in [-0.4, -0.2) is 6.54 Å². The predicted molar refractivity (Wildman–Crippen MR) is 43.2 cm³/mol. The maximum absolute atomic E-state index is 13.0. The summed E-state index contributed by atoms with van der Waals surface area (Å²) in [5.74, 6) is -0.662. The van der Waals surface area contributed by atoms with E-state index >= 15 is 0 Å². The van der Waals surface area contributed by atoms with Crippen molar-refractivity contribution in [1.82, 2.24) is 0 Å². The molecule has 3 heteroatoms. The van der Waals surface area contributed by atoms with E-state index < -0.39 is 0 Å². The van der Waals surface area contributed by atoms with E-state index in [0.29, 0.717) is 17.7 Å².